The summed E-state index contributed by atoms with van der Waals surface area (Å²) in [6.45, 7) is 1.58. The third-order valence-corrected chi connectivity index (χ3v) is 3.35. The lowest BCUT2D eigenvalue weighted by Crippen LogP contribution is -2.36. The first-order chi connectivity index (χ1) is 8.65. The lowest BCUT2D eigenvalue weighted by atomic mass is 10.3. The molecule has 0 saturated heterocycles. The van der Waals surface area contributed by atoms with Gasteiger partial charge in [0.25, 0.3) is 5.91 Å². The molecule has 1 fully saturated rings. The lowest BCUT2D eigenvalue weighted by molar-refractivity contribution is -0.150. The summed E-state index contributed by atoms with van der Waals surface area (Å²) < 4.78 is 5.01. The predicted octanol–water partition coefficient (Wildman–Crippen LogP) is 1.97. The number of thiophene rings is 1. The van der Waals surface area contributed by atoms with Crippen molar-refractivity contribution in [1.82, 2.24) is 5.32 Å². The van der Waals surface area contributed by atoms with Gasteiger partial charge in [-0.25, -0.2) is 4.79 Å². The molecule has 18 heavy (non-hydrogen) atoms. The molecule has 1 aliphatic rings. The highest BCUT2D eigenvalue weighted by Gasteiger charge is 2.26. The maximum atomic E-state index is 11.6. The zero-order valence-electron chi connectivity index (χ0n) is 10.1. The van der Waals surface area contributed by atoms with Crippen LogP contribution in [0, 0.1) is 0 Å². The maximum Gasteiger partial charge on any atom is 0.331 e. The molecule has 1 saturated carbocycles. The second kappa shape index (κ2) is 5.82. The van der Waals surface area contributed by atoms with Gasteiger partial charge in [-0.15, -0.1) is 11.3 Å². The van der Waals surface area contributed by atoms with E-state index in [9.17, 15) is 9.59 Å². The van der Waals surface area contributed by atoms with Crippen molar-refractivity contribution in [2.45, 2.75) is 31.9 Å². The highest BCUT2D eigenvalue weighted by Crippen LogP contribution is 2.18. The number of hydrogen-bond acceptors (Lipinski definition) is 4. The zero-order chi connectivity index (χ0) is 13.0. The van der Waals surface area contributed by atoms with Crippen LogP contribution in [0.1, 0.15) is 24.6 Å². The van der Waals surface area contributed by atoms with E-state index in [1.807, 2.05) is 17.5 Å². The first-order valence-electron chi connectivity index (χ1n) is 5.88. The van der Waals surface area contributed by atoms with E-state index in [2.05, 4.69) is 5.32 Å². The molecular weight excluding hydrogens is 250 g/mol. The molecule has 1 aromatic heterocycles. The maximum absolute atomic E-state index is 11.6. The van der Waals surface area contributed by atoms with E-state index in [0.29, 0.717) is 0 Å². The number of ether oxygens (including phenoxy) is 1. The van der Waals surface area contributed by atoms with Crippen LogP contribution in [0.2, 0.25) is 0 Å². The molecule has 1 aliphatic carbocycles. The van der Waals surface area contributed by atoms with Gasteiger partial charge in [0, 0.05) is 17.0 Å². The molecule has 1 amide bonds. The van der Waals surface area contributed by atoms with Crippen molar-refractivity contribution in [3.8, 4) is 0 Å². The van der Waals surface area contributed by atoms with Gasteiger partial charge in [0.15, 0.2) is 6.10 Å². The third kappa shape index (κ3) is 4.00. The lowest BCUT2D eigenvalue weighted by Gasteiger charge is -2.11. The summed E-state index contributed by atoms with van der Waals surface area (Å²) in [5, 5.41) is 4.72. The van der Waals surface area contributed by atoms with Crippen LogP contribution in [0.5, 0.6) is 0 Å². The molecular formula is C13H15NO3S. The van der Waals surface area contributed by atoms with Crippen LogP contribution >= 0.6 is 11.3 Å². The quantitative estimate of drug-likeness (QED) is 0.654. The Morgan fingerprint density at radius 3 is 2.94 bits per heavy atom. The average Bonchev–Trinajstić information content (AvgIpc) is 2.99. The molecule has 5 heteroatoms. The van der Waals surface area contributed by atoms with Gasteiger partial charge in [0.2, 0.25) is 0 Å². The predicted molar refractivity (Wildman–Crippen MR) is 70.1 cm³/mol. The van der Waals surface area contributed by atoms with Crippen LogP contribution in [0.15, 0.2) is 23.6 Å². The summed E-state index contributed by atoms with van der Waals surface area (Å²) in [5.41, 5.74) is 0. The van der Waals surface area contributed by atoms with Crippen molar-refractivity contribution in [3.63, 3.8) is 0 Å². The zero-order valence-corrected chi connectivity index (χ0v) is 10.9. The van der Waals surface area contributed by atoms with Crippen molar-refractivity contribution >= 4 is 29.3 Å². The summed E-state index contributed by atoms with van der Waals surface area (Å²) in [4.78, 5) is 24.0. The normalized spacial score (nSPS) is 16.5. The summed E-state index contributed by atoms with van der Waals surface area (Å²) >= 11 is 1.53. The molecule has 0 spiro atoms. The van der Waals surface area contributed by atoms with Crippen LogP contribution in [0.4, 0.5) is 0 Å². The molecule has 1 aromatic rings. The van der Waals surface area contributed by atoms with Crippen LogP contribution in [0.3, 0.4) is 0 Å². The van der Waals surface area contributed by atoms with Gasteiger partial charge in [-0.2, -0.15) is 0 Å². The van der Waals surface area contributed by atoms with Crippen LogP contribution in [-0.2, 0) is 14.3 Å². The SMILES string of the molecule is C[C@H](OC(=O)/C=C/c1cccs1)C(=O)NC1CC1. The van der Waals surface area contributed by atoms with Crippen molar-refractivity contribution in [3.05, 3.63) is 28.5 Å². The smallest absolute Gasteiger partial charge is 0.331 e. The van der Waals surface area contributed by atoms with E-state index >= 15 is 0 Å². The van der Waals surface area contributed by atoms with Gasteiger partial charge < -0.3 is 10.1 Å². The molecule has 0 unspecified atom stereocenters. The number of esters is 1. The number of carbonyl (C=O) groups is 2. The Bertz CT molecular complexity index is 449. The van der Waals surface area contributed by atoms with Crippen LogP contribution in [-0.4, -0.2) is 24.0 Å². The molecule has 4 nitrogen and oxygen atoms in total. The largest absolute Gasteiger partial charge is 0.449 e. The molecule has 0 radical (unpaired) electrons. The first-order valence-corrected chi connectivity index (χ1v) is 6.75. The molecule has 0 aliphatic heterocycles. The van der Waals surface area contributed by atoms with Gasteiger partial charge >= 0.3 is 5.97 Å². The van der Waals surface area contributed by atoms with Gasteiger partial charge in [0.1, 0.15) is 0 Å². The summed E-state index contributed by atoms with van der Waals surface area (Å²) in [7, 11) is 0. The van der Waals surface area contributed by atoms with Gasteiger partial charge in [-0.05, 0) is 37.3 Å². The highest BCUT2D eigenvalue weighted by atomic mass is 32.1. The highest BCUT2D eigenvalue weighted by molar-refractivity contribution is 7.10. The van der Waals surface area contributed by atoms with E-state index in [1.54, 1.807) is 13.0 Å². The molecule has 1 atom stereocenters. The Balaban J connectivity index is 1.77. The van der Waals surface area contributed by atoms with Crippen molar-refractivity contribution < 1.29 is 14.3 Å². The minimum absolute atomic E-state index is 0.227. The minimum Gasteiger partial charge on any atom is -0.449 e. The van der Waals surface area contributed by atoms with Crippen LogP contribution in [0.25, 0.3) is 6.08 Å². The molecule has 0 aromatic carbocycles. The molecule has 1 heterocycles. The Morgan fingerprint density at radius 2 is 2.33 bits per heavy atom. The van der Waals surface area contributed by atoms with E-state index < -0.39 is 12.1 Å². The van der Waals surface area contributed by atoms with Gasteiger partial charge in [-0.3, -0.25) is 4.79 Å². The van der Waals surface area contributed by atoms with E-state index in [1.165, 1.54) is 17.4 Å². The van der Waals surface area contributed by atoms with E-state index in [4.69, 9.17) is 4.74 Å². The first kappa shape index (κ1) is 12.8. The third-order valence-electron chi connectivity index (χ3n) is 2.51. The average molecular weight is 265 g/mol. The van der Waals surface area contributed by atoms with Gasteiger partial charge in [-0.1, -0.05) is 6.07 Å². The Kier molecular flexibility index (Phi) is 4.15. The van der Waals surface area contributed by atoms with Crippen molar-refractivity contribution in [2.75, 3.05) is 0 Å². The molecule has 2 rings (SSSR count). The topological polar surface area (TPSA) is 55.4 Å². The second-order valence-electron chi connectivity index (χ2n) is 4.21. The Morgan fingerprint density at radius 1 is 1.56 bits per heavy atom. The van der Waals surface area contributed by atoms with E-state index in [0.717, 1.165) is 17.7 Å². The van der Waals surface area contributed by atoms with Crippen molar-refractivity contribution in [2.24, 2.45) is 0 Å². The minimum atomic E-state index is -0.744. The fourth-order valence-corrected chi connectivity index (χ4v) is 1.97. The fraction of sp³-hybridized carbons (Fsp3) is 0.385. The van der Waals surface area contributed by atoms with Crippen molar-refractivity contribution in [1.29, 1.82) is 0 Å². The summed E-state index contributed by atoms with van der Waals surface area (Å²) in [6, 6.07) is 4.08. The number of amides is 1. The fourth-order valence-electron chi connectivity index (χ4n) is 1.35. The molecule has 1 N–H and O–H groups in total. The number of nitrogens with one attached hydrogen (secondary N) is 1. The number of carbonyl (C=O) groups excluding carboxylic acids is 2. The standard InChI is InChI=1S/C13H15NO3S/c1-9(13(16)14-10-4-5-10)17-12(15)7-6-11-3-2-8-18-11/h2-3,6-10H,4-5H2,1H3,(H,14,16)/b7-6+/t9-/m0/s1. The molecule has 96 valence electrons. The Labute approximate surface area is 110 Å². The summed E-state index contributed by atoms with van der Waals surface area (Å²) in [6.07, 6.45) is 4.31. The number of rotatable bonds is 5. The summed E-state index contributed by atoms with van der Waals surface area (Å²) in [5.74, 6) is -0.725. The van der Waals surface area contributed by atoms with Crippen LogP contribution < -0.4 is 5.32 Å². The number of hydrogen-bond donors (Lipinski definition) is 1. The van der Waals surface area contributed by atoms with E-state index in [-0.39, 0.29) is 11.9 Å². The monoisotopic (exact) mass is 265 g/mol. The molecule has 0 bridgehead atoms. The Hall–Kier alpha value is -1.62. The van der Waals surface area contributed by atoms with Gasteiger partial charge in [0.05, 0.1) is 0 Å². The second-order valence-corrected chi connectivity index (χ2v) is 5.19.